The molecule has 2 saturated heterocycles. The van der Waals surface area contributed by atoms with Crippen molar-refractivity contribution in [1.29, 1.82) is 0 Å². The molecule has 98 valence electrons. The van der Waals surface area contributed by atoms with Crippen LogP contribution in [0.15, 0.2) is 0 Å². The van der Waals surface area contributed by atoms with Crippen LogP contribution in [0.1, 0.15) is 46.0 Å². The maximum atomic E-state index is 3.58. The fraction of sp³-hybridized carbons (Fsp3) is 1.00. The lowest BCUT2D eigenvalue weighted by Gasteiger charge is -2.38. The smallest absolute Gasteiger partial charge is 0.0197 e. The summed E-state index contributed by atoms with van der Waals surface area (Å²) in [5.41, 5.74) is 0.436. The van der Waals surface area contributed by atoms with Crippen molar-refractivity contribution in [3.05, 3.63) is 0 Å². The molecule has 1 saturated carbocycles. The zero-order chi connectivity index (χ0) is 11.9. The molecule has 0 spiro atoms. The molecule has 0 aromatic carbocycles. The van der Waals surface area contributed by atoms with Crippen molar-refractivity contribution in [2.24, 2.45) is 17.8 Å². The number of nitrogens with zero attached hydrogens (tertiary/aromatic N) is 1. The van der Waals surface area contributed by atoms with E-state index in [0.29, 0.717) is 5.54 Å². The van der Waals surface area contributed by atoms with Crippen LogP contribution >= 0.6 is 0 Å². The Morgan fingerprint density at radius 2 is 1.88 bits per heavy atom. The molecule has 0 aromatic heterocycles. The van der Waals surface area contributed by atoms with Crippen molar-refractivity contribution in [2.45, 2.75) is 51.5 Å². The standard InChI is InChI=1S/C15H28N2/c1-15(2)14-9-16-8-13(14)11-17(15)10-12-6-4-3-5-7-12/h12-14,16H,3-11H2,1-2H3. The largest absolute Gasteiger partial charge is 0.316 e. The molecule has 3 aliphatic rings. The van der Waals surface area contributed by atoms with Gasteiger partial charge in [0.1, 0.15) is 0 Å². The van der Waals surface area contributed by atoms with Gasteiger partial charge in [-0.25, -0.2) is 0 Å². The first-order valence-corrected chi connectivity index (χ1v) is 7.63. The summed E-state index contributed by atoms with van der Waals surface area (Å²) in [5.74, 6) is 2.81. The molecule has 2 heteroatoms. The molecule has 2 nitrogen and oxygen atoms in total. The summed E-state index contributed by atoms with van der Waals surface area (Å²) in [6, 6.07) is 0. The minimum Gasteiger partial charge on any atom is -0.316 e. The number of fused-ring (bicyclic) bond motifs is 1. The number of hydrogen-bond donors (Lipinski definition) is 1. The molecule has 0 amide bonds. The lowest BCUT2D eigenvalue weighted by atomic mass is 9.84. The van der Waals surface area contributed by atoms with Crippen molar-refractivity contribution < 1.29 is 0 Å². The van der Waals surface area contributed by atoms with E-state index in [4.69, 9.17) is 0 Å². The Labute approximate surface area is 106 Å². The second-order valence-corrected chi connectivity index (χ2v) is 7.09. The predicted molar refractivity (Wildman–Crippen MR) is 72.1 cm³/mol. The van der Waals surface area contributed by atoms with Gasteiger partial charge in [0.05, 0.1) is 0 Å². The van der Waals surface area contributed by atoms with Gasteiger partial charge < -0.3 is 5.32 Å². The molecular formula is C15H28N2. The highest BCUT2D eigenvalue weighted by molar-refractivity contribution is 5.04. The molecule has 0 bridgehead atoms. The maximum Gasteiger partial charge on any atom is 0.0197 e. The summed E-state index contributed by atoms with van der Waals surface area (Å²) >= 11 is 0. The minimum absolute atomic E-state index is 0.436. The quantitative estimate of drug-likeness (QED) is 0.792. The van der Waals surface area contributed by atoms with E-state index < -0.39 is 0 Å². The molecule has 2 atom stereocenters. The third-order valence-electron chi connectivity index (χ3n) is 5.72. The van der Waals surface area contributed by atoms with E-state index in [1.54, 1.807) is 0 Å². The highest BCUT2D eigenvalue weighted by Crippen LogP contribution is 2.41. The molecule has 1 aliphatic carbocycles. The Morgan fingerprint density at radius 3 is 2.59 bits per heavy atom. The van der Waals surface area contributed by atoms with Crippen LogP contribution in [0.5, 0.6) is 0 Å². The summed E-state index contributed by atoms with van der Waals surface area (Å²) in [5, 5.41) is 3.58. The van der Waals surface area contributed by atoms with E-state index in [9.17, 15) is 0 Å². The van der Waals surface area contributed by atoms with Gasteiger partial charge in [0.2, 0.25) is 0 Å². The summed E-state index contributed by atoms with van der Waals surface area (Å²) in [6.07, 6.45) is 7.41. The van der Waals surface area contributed by atoms with Crippen molar-refractivity contribution in [3.63, 3.8) is 0 Å². The summed E-state index contributed by atoms with van der Waals surface area (Å²) < 4.78 is 0. The predicted octanol–water partition coefficient (Wildman–Crippen LogP) is 2.50. The maximum absolute atomic E-state index is 3.58. The summed E-state index contributed by atoms with van der Waals surface area (Å²) in [4.78, 5) is 2.82. The van der Waals surface area contributed by atoms with Gasteiger partial charge in [-0.3, -0.25) is 4.90 Å². The first-order valence-electron chi connectivity index (χ1n) is 7.63. The first kappa shape index (κ1) is 12.0. The van der Waals surface area contributed by atoms with E-state index in [1.165, 1.54) is 58.3 Å². The van der Waals surface area contributed by atoms with Crippen LogP contribution < -0.4 is 5.32 Å². The second kappa shape index (κ2) is 4.55. The average Bonchev–Trinajstić information content (AvgIpc) is 2.85. The van der Waals surface area contributed by atoms with Crippen molar-refractivity contribution in [3.8, 4) is 0 Å². The molecule has 17 heavy (non-hydrogen) atoms. The molecule has 3 rings (SSSR count). The van der Waals surface area contributed by atoms with Crippen LogP contribution in [-0.2, 0) is 0 Å². The SMILES string of the molecule is CC1(C)C2CNCC2CN1CC1CCCCC1. The molecule has 0 aromatic rings. The number of likely N-dealkylation sites (tertiary alicyclic amines) is 1. The van der Waals surface area contributed by atoms with Crippen molar-refractivity contribution in [1.82, 2.24) is 10.2 Å². The van der Waals surface area contributed by atoms with Crippen LogP contribution in [0.4, 0.5) is 0 Å². The highest BCUT2D eigenvalue weighted by Gasteiger charge is 2.49. The average molecular weight is 236 g/mol. The van der Waals surface area contributed by atoms with Gasteiger partial charge in [-0.15, -0.1) is 0 Å². The third-order valence-corrected chi connectivity index (χ3v) is 5.72. The van der Waals surface area contributed by atoms with Crippen LogP contribution in [0, 0.1) is 17.8 Å². The van der Waals surface area contributed by atoms with Crippen LogP contribution in [0.25, 0.3) is 0 Å². The van der Waals surface area contributed by atoms with E-state index in [1.807, 2.05) is 0 Å². The molecule has 1 N–H and O–H groups in total. The fourth-order valence-corrected chi connectivity index (χ4v) is 4.50. The monoisotopic (exact) mass is 236 g/mol. The van der Waals surface area contributed by atoms with Gasteiger partial charge in [0, 0.05) is 25.2 Å². The molecule has 3 fully saturated rings. The van der Waals surface area contributed by atoms with Gasteiger partial charge >= 0.3 is 0 Å². The number of nitrogens with one attached hydrogen (secondary N) is 1. The lowest BCUT2D eigenvalue weighted by molar-refractivity contribution is 0.107. The van der Waals surface area contributed by atoms with Crippen molar-refractivity contribution in [2.75, 3.05) is 26.2 Å². The van der Waals surface area contributed by atoms with E-state index >= 15 is 0 Å². The number of rotatable bonds is 2. The zero-order valence-electron chi connectivity index (χ0n) is 11.5. The molecule has 2 heterocycles. The van der Waals surface area contributed by atoms with Gasteiger partial charge in [-0.2, -0.15) is 0 Å². The topological polar surface area (TPSA) is 15.3 Å². The van der Waals surface area contributed by atoms with E-state index in [0.717, 1.165) is 17.8 Å². The summed E-state index contributed by atoms with van der Waals surface area (Å²) in [7, 11) is 0. The Balaban J connectivity index is 1.63. The minimum atomic E-state index is 0.436. The fourth-order valence-electron chi connectivity index (χ4n) is 4.50. The van der Waals surface area contributed by atoms with Gasteiger partial charge in [-0.1, -0.05) is 19.3 Å². The van der Waals surface area contributed by atoms with Crippen molar-refractivity contribution >= 4 is 0 Å². The Hall–Kier alpha value is -0.0800. The van der Waals surface area contributed by atoms with Crippen LogP contribution in [-0.4, -0.2) is 36.6 Å². The van der Waals surface area contributed by atoms with Gasteiger partial charge in [0.25, 0.3) is 0 Å². The third kappa shape index (κ3) is 2.15. The molecular weight excluding hydrogens is 208 g/mol. The van der Waals surface area contributed by atoms with E-state index in [-0.39, 0.29) is 0 Å². The van der Waals surface area contributed by atoms with E-state index in [2.05, 4.69) is 24.1 Å². The zero-order valence-corrected chi connectivity index (χ0v) is 11.5. The normalized spacial score (nSPS) is 38.5. The number of hydrogen-bond acceptors (Lipinski definition) is 2. The lowest BCUT2D eigenvalue weighted by Crippen LogP contribution is -2.46. The molecule has 2 unspecified atom stereocenters. The van der Waals surface area contributed by atoms with Crippen LogP contribution in [0.2, 0.25) is 0 Å². The Kier molecular flexibility index (Phi) is 3.20. The second-order valence-electron chi connectivity index (χ2n) is 7.09. The Bertz CT molecular complexity index is 268. The summed E-state index contributed by atoms with van der Waals surface area (Å²) in [6.45, 7) is 10.2. The highest BCUT2D eigenvalue weighted by atomic mass is 15.2. The van der Waals surface area contributed by atoms with Gasteiger partial charge in [0.15, 0.2) is 0 Å². The Morgan fingerprint density at radius 1 is 1.12 bits per heavy atom. The van der Waals surface area contributed by atoms with Gasteiger partial charge in [-0.05, 0) is 51.0 Å². The van der Waals surface area contributed by atoms with Crippen LogP contribution in [0.3, 0.4) is 0 Å². The first-order chi connectivity index (χ1) is 8.18. The molecule has 0 radical (unpaired) electrons. The molecule has 2 aliphatic heterocycles.